The highest BCUT2D eigenvalue weighted by atomic mass is 32.1. The van der Waals surface area contributed by atoms with Gasteiger partial charge in [-0.2, -0.15) is 0 Å². The second kappa shape index (κ2) is 6.18. The van der Waals surface area contributed by atoms with Crippen LogP contribution in [0.25, 0.3) is 9.88 Å². The minimum absolute atomic E-state index is 0.0297. The molecule has 0 unspecified atom stereocenters. The molecule has 0 saturated carbocycles. The monoisotopic (exact) mass is 310 g/mol. The summed E-state index contributed by atoms with van der Waals surface area (Å²) in [5, 5.41) is 14.9. The summed E-state index contributed by atoms with van der Waals surface area (Å²) in [6.45, 7) is 11.8. The van der Waals surface area contributed by atoms with Crippen molar-refractivity contribution in [1.82, 2.24) is 15.2 Å². The van der Waals surface area contributed by atoms with E-state index in [1.165, 1.54) is 9.88 Å². The molecule has 2 heterocycles. The molecule has 0 bridgehead atoms. The lowest BCUT2D eigenvalue weighted by molar-refractivity contribution is 0.572. The van der Waals surface area contributed by atoms with E-state index in [1.54, 1.807) is 22.7 Å². The van der Waals surface area contributed by atoms with Crippen LogP contribution in [-0.2, 0) is 11.8 Å². The third-order valence-corrected chi connectivity index (χ3v) is 5.06. The summed E-state index contributed by atoms with van der Waals surface area (Å²) in [7, 11) is 0. The number of anilines is 1. The van der Waals surface area contributed by atoms with Crippen molar-refractivity contribution in [3.63, 3.8) is 0 Å². The summed E-state index contributed by atoms with van der Waals surface area (Å²) >= 11 is 3.36. The van der Waals surface area contributed by atoms with Crippen molar-refractivity contribution in [2.45, 2.75) is 52.9 Å². The Hall–Kier alpha value is -1.01. The molecule has 6 heteroatoms. The van der Waals surface area contributed by atoms with Crippen LogP contribution in [0.4, 0.5) is 5.13 Å². The van der Waals surface area contributed by atoms with E-state index < -0.39 is 0 Å². The van der Waals surface area contributed by atoms with Crippen LogP contribution in [0.1, 0.15) is 51.7 Å². The second-order valence-electron chi connectivity index (χ2n) is 5.73. The average molecular weight is 310 g/mol. The van der Waals surface area contributed by atoms with Gasteiger partial charge in [0.05, 0.1) is 15.6 Å². The normalized spacial score (nSPS) is 11.8. The maximum atomic E-state index is 4.78. The minimum Gasteiger partial charge on any atom is -0.360 e. The highest BCUT2D eigenvalue weighted by Gasteiger charge is 2.25. The fourth-order valence-electron chi connectivity index (χ4n) is 1.79. The Balaban J connectivity index is 2.36. The third-order valence-electron chi connectivity index (χ3n) is 2.83. The molecule has 20 heavy (non-hydrogen) atoms. The van der Waals surface area contributed by atoms with Crippen LogP contribution in [0.15, 0.2) is 0 Å². The lowest BCUT2D eigenvalue weighted by atomic mass is 9.91. The lowest BCUT2D eigenvalue weighted by Gasteiger charge is -2.16. The van der Waals surface area contributed by atoms with Gasteiger partial charge in [-0.05, 0) is 12.8 Å². The zero-order valence-electron chi connectivity index (χ0n) is 12.8. The maximum Gasteiger partial charge on any atom is 0.206 e. The van der Waals surface area contributed by atoms with Crippen molar-refractivity contribution >= 4 is 27.8 Å². The summed E-state index contributed by atoms with van der Waals surface area (Å²) < 4.78 is 0. The van der Waals surface area contributed by atoms with Gasteiger partial charge in [0.25, 0.3) is 0 Å². The Morgan fingerprint density at radius 2 is 1.85 bits per heavy atom. The number of aryl methyl sites for hydroxylation is 1. The Bertz CT molecular complexity index is 566. The Morgan fingerprint density at radius 1 is 1.10 bits per heavy atom. The van der Waals surface area contributed by atoms with Gasteiger partial charge in [-0.3, -0.25) is 0 Å². The molecule has 0 saturated heterocycles. The van der Waals surface area contributed by atoms with Gasteiger partial charge in [0, 0.05) is 12.0 Å². The quantitative estimate of drug-likeness (QED) is 0.892. The van der Waals surface area contributed by atoms with E-state index in [2.05, 4.69) is 50.1 Å². The average Bonchev–Trinajstić information content (AvgIpc) is 3.01. The summed E-state index contributed by atoms with van der Waals surface area (Å²) in [5.74, 6) is 0. The zero-order chi connectivity index (χ0) is 14.8. The van der Waals surface area contributed by atoms with Crippen molar-refractivity contribution in [1.29, 1.82) is 0 Å². The molecule has 0 fully saturated rings. The standard InChI is InChI=1S/C14H22N4S2/c1-6-8-15-13-18-17-12(20-13)10-11(14(3,4)5)16-9(7-2)19-10/h6-8H2,1-5H3,(H,15,18). The van der Waals surface area contributed by atoms with E-state index in [-0.39, 0.29) is 5.41 Å². The first-order valence-corrected chi connectivity index (χ1v) is 8.67. The van der Waals surface area contributed by atoms with E-state index in [0.29, 0.717) is 0 Å². The van der Waals surface area contributed by atoms with Gasteiger partial charge in [-0.25, -0.2) is 4.98 Å². The summed E-state index contributed by atoms with van der Waals surface area (Å²) in [4.78, 5) is 5.96. The lowest BCUT2D eigenvalue weighted by Crippen LogP contribution is -2.13. The molecular formula is C14H22N4S2. The van der Waals surface area contributed by atoms with E-state index in [0.717, 1.165) is 35.2 Å². The predicted molar refractivity (Wildman–Crippen MR) is 87.9 cm³/mol. The SMILES string of the molecule is CCCNc1nnc(-c2sc(CC)nc2C(C)(C)C)s1. The van der Waals surface area contributed by atoms with Gasteiger partial charge in [0.1, 0.15) is 0 Å². The largest absolute Gasteiger partial charge is 0.360 e. The number of nitrogens with zero attached hydrogens (tertiary/aromatic N) is 3. The molecule has 0 aliphatic carbocycles. The van der Waals surface area contributed by atoms with E-state index >= 15 is 0 Å². The molecule has 0 atom stereocenters. The molecule has 0 aliphatic heterocycles. The molecule has 2 rings (SSSR count). The molecule has 1 N–H and O–H groups in total. The molecule has 2 aromatic heterocycles. The number of aromatic nitrogens is 3. The van der Waals surface area contributed by atoms with Crippen molar-refractivity contribution in [2.75, 3.05) is 11.9 Å². The number of hydrogen-bond donors (Lipinski definition) is 1. The minimum atomic E-state index is 0.0297. The number of hydrogen-bond acceptors (Lipinski definition) is 6. The van der Waals surface area contributed by atoms with Crippen LogP contribution in [0.2, 0.25) is 0 Å². The maximum absolute atomic E-state index is 4.78. The molecule has 110 valence electrons. The first-order valence-electron chi connectivity index (χ1n) is 7.03. The molecule has 2 aromatic rings. The Labute approximate surface area is 128 Å². The van der Waals surface area contributed by atoms with E-state index in [9.17, 15) is 0 Å². The highest BCUT2D eigenvalue weighted by molar-refractivity contribution is 7.23. The van der Waals surface area contributed by atoms with Crippen LogP contribution in [0.3, 0.4) is 0 Å². The fourth-order valence-corrected chi connectivity index (χ4v) is 3.84. The van der Waals surface area contributed by atoms with Gasteiger partial charge in [-0.15, -0.1) is 21.5 Å². The highest BCUT2D eigenvalue weighted by Crippen LogP contribution is 2.39. The van der Waals surface area contributed by atoms with Crippen molar-refractivity contribution < 1.29 is 0 Å². The van der Waals surface area contributed by atoms with Crippen molar-refractivity contribution in [3.05, 3.63) is 10.7 Å². The summed E-state index contributed by atoms with van der Waals surface area (Å²) in [5.41, 5.74) is 1.17. The van der Waals surface area contributed by atoms with Crippen molar-refractivity contribution in [3.8, 4) is 9.88 Å². The number of nitrogens with one attached hydrogen (secondary N) is 1. The summed E-state index contributed by atoms with van der Waals surface area (Å²) in [6, 6.07) is 0. The smallest absolute Gasteiger partial charge is 0.206 e. The molecule has 0 aromatic carbocycles. The Morgan fingerprint density at radius 3 is 2.45 bits per heavy atom. The van der Waals surface area contributed by atoms with Gasteiger partial charge >= 0.3 is 0 Å². The van der Waals surface area contributed by atoms with Crippen LogP contribution in [-0.4, -0.2) is 21.7 Å². The van der Waals surface area contributed by atoms with Crippen molar-refractivity contribution in [2.24, 2.45) is 0 Å². The number of rotatable bonds is 5. The first-order chi connectivity index (χ1) is 9.45. The number of thiazole rings is 1. The van der Waals surface area contributed by atoms with E-state index in [4.69, 9.17) is 4.98 Å². The van der Waals surface area contributed by atoms with Crippen LogP contribution in [0.5, 0.6) is 0 Å². The van der Waals surface area contributed by atoms with Gasteiger partial charge in [0.2, 0.25) is 5.13 Å². The van der Waals surface area contributed by atoms with Crippen LogP contribution < -0.4 is 5.32 Å². The Kier molecular flexibility index (Phi) is 4.75. The summed E-state index contributed by atoms with van der Waals surface area (Å²) in [6.07, 6.45) is 2.05. The van der Waals surface area contributed by atoms with Gasteiger partial charge in [0.15, 0.2) is 5.01 Å². The molecule has 0 amide bonds. The van der Waals surface area contributed by atoms with Crippen LogP contribution in [0, 0.1) is 0 Å². The van der Waals surface area contributed by atoms with Crippen LogP contribution >= 0.6 is 22.7 Å². The molecule has 0 radical (unpaired) electrons. The molecule has 4 nitrogen and oxygen atoms in total. The van der Waals surface area contributed by atoms with Gasteiger partial charge < -0.3 is 5.32 Å². The second-order valence-corrected chi connectivity index (χ2v) is 7.79. The topological polar surface area (TPSA) is 50.7 Å². The third kappa shape index (κ3) is 3.35. The fraction of sp³-hybridized carbons (Fsp3) is 0.643. The zero-order valence-corrected chi connectivity index (χ0v) is 14.4. The molecule has 0 spiro atoms. The van der Waals surface area contributed by atoms with E-state index in [1.807, 2.05) is 0 Å². The molecular weight excluding hydrogens is 288 g/mol. The molecule has 0 aliphatic rings. The first kappa shape index (κ1) is 15.4. The predicted octanol–water partition coefficient (Wildman–Crippen LogP) is 4.34. The van der Waals surface area contributed by atoms with Gasteiger partial charge in [-0.1, -0.05) is 46.0 Å².